The van der Waals surface area contributed by atoms with Crippen molar-refractivity contribution in [3.63, 3.8) is 0 Å². The second-order valence-corrected chi connectivity index (χ2v) is 4.44. The number of nitrogens with zero attached hydrogens (tertiary/aromatic N) is 1. The maximum absolute atomic E-state index is 8.74. The maximum atomic E-state index is 8.74. The summed E-state index contributed by atoms with van der Waals surface area (Å²) in [5, 5.41) is 8.74. The van der Waals surface area contributed by atoms with Crippen LogP contribution in [-0.2, 0) is 0 Å². The van der Waals surface area contributed by atoms with Gasteiger partial charge in [0.2, 0.25) is 5.89 Å². The topological polar surface area (TPSA) is 55.5 Å². The molecule has 20 heavy (non-hydrogen) atoms. The minimum Gasteiger partial charge on any atom is -0.493 e. The molecule has 0 aliphatic rings. The van der Waals surface area contributed by atoms with Crippen LogP contribution in [0, 0.1) is 0 Å². The lowest BCUT2D eigenvalue weighted by molar-refractivity contribution is 0.233. The highest BCUT2D eigenvalue weighted by atomic mass is 16.5. The summed E-state index contributed by atoms with van der Waals surface area (Å²) in [4.78, 5) is 4.46. The first-order chi connectivity index (χ1) is 9.86. The van der Waals surface area contributed by atoms with E-state index >= 15 is 0 Å². The number of aromatic nitrogens is 1. The zero-order valence-corrected chi connectivity index (χ0v) is 11.0. The molecule has 0 radical (unpaired) electrons. The molecule has 4 nitrogen and oxygen atoms in total. The maximum Gasteiger partial charge on any atom is 0.227 e. The molecule has 0 bridgehead atoms. The van der Waals surface area contributed by atoms with Crippen LogP contribution in [0.25, 0.3) is 22.6 Å². The summed E-state index contributed by atoms with van der Waals surface area (Å²) in [5.74, 6) is 1.33. The van der Waals surface area contributed by atoms with Crippen LogP contribution < -0.4 is 4.74 Å². The van der Waals surface area contributed by atoms with Crippen molar-refractivity contribution in [2.75, 3.05) is 13.2 Å². The lowest BCUT2D eigenvalue weighted by Gasteiger charge is -2.03. The molecule has 102 valence electrons. The van der Waals surface area contributed by atoms with Gasteiger partial charge in [-0.05, 0) is 24.3 Å². The Balaban J connectivity index is 1.88. The van der Waals surface area contributed by atoms with Gasteiger partial charge in [-0.1, -0.05) is 18.2 Å². The van der Waals surface area contributed by atoms with Gasteiger partial charge in [0.15, 0.2) is 5.58 Å². The summed E-state index contributed by atoms with van der Waals surface area (Å²) in [6, 6.07) is 15.3. The first-order valence-electron chi connectivity index (χ1n) is 6.56. The van der Waals surface area contributed by atoms with E-state index in [0.29, 0.717) is 24.5 Å². The summed E-state index contributed by atoms with van der Waals surface area (Å²) in [6.07, 6.45) is 0.615. The molecule has 0 saturated carbocycles. The van der Waals surface area contributed by atoms with E-state index in [-0.39, 0.29) is 6.61 Å². The van der Waals surface area contributed by atoms with Crippen LogP contribution in [-0.4, -0.2) is 23.3 Å². The summed E-state index contributed by atoms with van der Waals surface area (Å²) in [5.41, 5.74) is 2.45. The van der Waals surface area contributed by atoms with E-state index in [0.717, 1.165) is 16.8 Å². The molecule has 0 saturated heterocycles. The van der Waals surface area contributed by atoms with E-state index in [4.69, 9.17) is 14.3 Å². The van der Waals surface area contributed by atoms with Crippen molar-refractivity contribution in [2.24, 2.45) is 0 Å². The van der Waals surface area contributed by atoms with Gasteiger partial charge in [0, 0.05) is 24.7 Å². The number of rotatable bonds is 5. The average Bonchev–Trinajstić information content (AvgIpc) is 2.92. The zero-order chi connectivity index (χ0) is 13.8. The molecule has 0 amide bonds. The van der Waals surface area contributed by atoms with E-state index < -0.39 is 0 Å². The van der Waals surface area contributed by atoms with Gasteiger partial charge in [-0.3, -0.25) is 0 Å². The third-order valence-electron chi connectivity index (χ3n) is 2.95. The van der Waals surface area contributed by atoms with Crippen molar-refractivity contribution in [1.29, 1.82) is 0 Å². The zero-order valence-electron chi connectivity index (χ0n) is 11.0. The number of benzene rings is 2. The third kappa shape index (κ3) is 2.65. The summed E-state index contributed by atoms with van der Waals surface area (Å²) < 4.78 is 11.3. The Bertz CT molecular complexity index is 691. The lowest BCUT2D eigenvalue weighted by atomic mass is 10.2. The van der Waals surface area contributed by atoms with E-state index in [2.05, 4.69) is 4.98 Å². The van der Waals surface area contributed by atoms with Gasteiger partial charge < -0.3 is 14.3 Å². The summed E-state index contributed by atoms with van der Waals surface area (Å²) >= 11 is 0. The summed E-state index contributed by atoms with van der Waals surface area (Å²) in [6.45, 7) is 0.615. The van der Waals surface area contributed by atoms with E-state index in [1.165, 1.54) is 0 Å². The van der Waals surface area contributed by atoms with Crippen molar-refractivity contribution < 1.29 is 14.3 Å². The molecule has 1 heterocycles. The second kappa shape index (κ2) is 5.75. The molecule has 3 aromatic rings. The Morgan fingerprint density at radius 2 is 1.95 bits per heavy atom. The van der Waals surface area contributed by atoms with Crippen LogP contribution in [0.5, 0.6) is 5.75 Å². The monoisotopic (exact) mass is 269 g/mol. The molecule has 0 aliphatic carbocycles. The SMILES string of the molecule is OCCCOc1ccc2nc(-c3ccccc3)oc2c1. The fourth-order valence-electron chi connectivity index (χ4n) is 1.95. The van der Waals surface area contributed by atoms with Crippen LogP contribution >= 0.6 is 0 Å². The van der Waals surface area contributed by atoms with Gasteiger partial charge in [0.1, 0.15) is 11.3 Å². The Hall–Kier alpha value is -2.33. The van der Waals surface area contributed by atoms with Crippen molar-refractivity contribution in [1.82, 2.24) is 4.98 Å². The highest BCUT2D eigenvalue weighted by Gasteiger charge is 2.08. The second-order valence-electron chi connectivity index (χ2n) is 4.44. The Kier molecular flexibility index (Phi) is 3.65. The largest absolute Gasteiger partial charge is 0.493 e. The fraction of sp³-hybridized carbons (Fsp3) is 0.188. The van der Waals surface area contributed by atoms with Gasteiger partial charge in [0.05, 0.1) is 6.61 Å². The number of fused-ring (bicyclic) bond motifs is 1. The summed E-state index contributed by atoms with van der Waals surface area (Å²) in [7, 11) is 0. The fourth-order valence-corrected chi connectivity index (χ4v) is 1.95. The predicted molar refractivity (Wildman–Crippen MR) is 76.6 cm³/mol. The lowest BCUT2D eigenvalue weighted by Crippen LogP contribution is -1.99. The number of aliphatic hydroxyl groups is 1. The highest BCUT2D eigenvalue weighted by molar-refractivity contribution is 5.77. The number of hydrogen-bond donors (Lipinski definition) is 1. The Labute approximate surface area is 116 Å². The van der Waals surface area contributed by atoms with Crippen LogP contribution in [0.15, 0.2) is 52.9 Å². The van der Waals surface area contributed by atoms with Crippen LogP contribution in [0.1, 0.15) is 6.42 Å². The molecular formula is C16H15NO3. The first-order valence-corrected chi connectivity index (χ1v) is 6.56. The van der Waals surface area contributed by atoms with Crippen LogP contribution in [0.4, 0.5) is 0 Å². The quantitative estimate of drug-likeness (QED) is 0.722. The van der Waals surface area contributed by atoms with E-state index in [1.54, 1.807) is 0 Å². The molecule has 0 atom stereocenters. The molecule has 3 rings (SSSR count). The molecule has 4 heteroatoms. The number of hydrogen-bond acceptors (Lipinski definition) is 4. The Morgan fingerprint density at radius 1 is 1.10 bits per heavy atom. The third-order valence-corrected chi connectivity index (χ3v) is 2.95. The minimum atomic E-state index is 0.128. The van der Waals surface area contributed by atoms with Gasteiger partial charge in [-0.15, -0.1) is 0 Å². The van der Waals surface area contributed by atoms with Gasteiger partial charge in [0.25, 0.3) is 0 Å². The molecule has 0 fully saturated rings. The first kappa shape index (κ1) is 12.7. The van der Waals surface area contributed by atoms with Gasteiger partial charge in [-0.2, -0.15) is 0 Å². The predicted octanol–water partition coefficient (Wildman–Crippen LogP) is 3.26. The van der Waals surface area contributed by atoms with Crippen molar-refractivity contribution in [3.8, 4) is 17.2 Å². The molecule has 1 aromatic heterocycles. The van der Waals surface area contributed by atoms with Crippen molar-refractivity contribution in [2.45, 2.75) is 6.42 Å². The molecular weight excluding hydrogens is 254 g/mol. The highest BCUT2D eigenvalue weighted by Crippen LogP contribution is 2.26. The average molecular weight is 269 g/mol. The number of oxazole rings is 1. The van der Waals surface area contributed by atoms with Gasteiger partial charge in [-0.25, -0.2) is 4.98 Å². The number of ether oxygens (including phenoxy) is 1. The minimum absolute atomic E-state index is 0.128. The van der Waals surface area contributed by atoms with E-state index in [1.807, 2.05) is 48.5 Å². The Morgan fingerprint density at radius 3 is 2.75 bits per heavy atom. The smallest absolute Gasteiger partial charge is 0.227 e. The molecule has 0 aliphatic heterocycles. The molecule has 2 aromatic carbocycles. The van der Waals surface area contributed by atoms with Crippen LogP contribution in [0.2, 0.25) is 0 Å². The molecule has 0 spiro atoms. The number of aliphatic hydroxyl groups excluding tert-OH is 1. The van der Waals surface area contributed by atoms with Crippen LogP contribution in [0.3, 0.4) is 0 Å². The van der Waals surface area contributed by atoms with E-state index in [9.17, 15) is 0 Å². The van der Waals surface area contributed by atoms with Crippen molar-refractivity contribution >= 4 is 11.1 Å². The normalized spacial score (nSPS) is 10.8. The van der Waals surface area contributed by atoms with Gasteiger partial charge >= 0.3 is 0 Å². The standard InChI is InChI=1S/C16H15NO3/c18-9-4-10-19-13-7-8-14-15(11-13)20-16(17-14)12-5-2-1-3-6-12/h1-3,5-8,11,18H,4,9-10H2. The molecule has 0 unspecified atom stereocenters. The van der Waals surface area contributed by atoms with Crippen molar-refractivity contribution in [3.05, 3.63) is 48.5 Å². The molecule has 1 N–H and O–H groups in total.